The largest absolute Gasteiger partial charge is 0.339 e. The smallest absolute Gasteiger partial charge is 0.229 e. The molecule has 3 rings (SSSR count). The maximum Gasteiger partial charge on any atom is 0.229 e. The summed E-state index contributed by atoms with van der Waals surface area (Å²) < 4.78 is 0. The number of hydrogen-bond donors (Lipinski definition) is 1. The van der Waals surface area contributed by atoms with Gasteiger partial charge in [0, 0.05) is 24.7 Å². The van der Waals surface area contributed by atoms with Crippen molar-refractivity contribution in [1.82, 2.24) is 4.90 Å². The molecule has 2 amide bonds. The number of hydrogen-bond acceptors (Lipinski definition) is 2. The molecule has 0 spiro atoms. The van der Waals surface area contributed by atoms with Gasteiger partial charge < -0.3 is 10.2 Å². The summed E-state index contributed by atoms with van der Waals surface area (Å²) >= 11 is 11.8. The zero-order valence-corrected chi connectivity index (χ0v) is 14.4. The van der Waals surface area contributed by atoms with E-state index < -0.39 is 0 Å². The number of nitrogens with one attached hydrogen (secondary N) is 1. The minimum absolute atomic E-state index is 0.103. The van der Waals surface area contributed by atoms with Crippen molar-refractivity contribution in [1.29, 1.82) is 0 Å². The zero-order valence-electron chi connectivity index (χ0n) is 12.9. The number of halogens is 2. The second-order valence-corrected chi connectivity index (χ2v) is 7.17. The SMILES string of the molecule is O=C(Nc1ccc(Cl)c(Cl)c1)[C@@H]1CC(=O)N(C2CCCCC2)C1. The van der Waals surface area contributed by atoms with Gasteiger partial charge in [-0.05, 0) is 31.0 Å². The van der Waals surface area contributed by atoms with Crippen LogP contribution in [-0.4, -0.2) is 29.3 Å². The molecule has 1 aromatic carbocycles. The summed E-state index contributed by atoms with van der Waals surface area (Å²) in [5.41, 5.74) is 0.605. The molecule has 1 aliphatic heterocycles. The molecule has 6 heteroatoms. The summed E-state index contributed by atoms with van der Waals surface area (Å²) in [5.74, 6) is -0.319. The molecule has 4 nitrogen and oxygen atoms in total. The van der Waals surface area contributed by atoms with Gasteiger partial charge in [0.15, 0.2) is 0 Å². The number of carbonyl (C=O) groups is 2. The Bertz CT molecular complexity index is 615. The van der Waals surface area contributed by atoms with E-state index in [1.54, 1.807) is 18.2 Å². The fourth-order valence-electron chi connectivity index (χ4n) is 3.47. The fourth-order valence-corrected chi connectivity index (χ4v) is 3.77. The molecule has 0 aromatic heterocycles. The van der Waals surface area contributed by atoms with Gasteiger partial charge in [-0.15, -0.1) is 0 Å². The molecule has 1 N–H and O–H groups in total. The number of amides is 2. The number of carbonyl (C=O) groups excluding carboxylic acids is 2. The highest BCUT2D eigenvalue weighted by Gasteiger charge is 2.38. The first-order chi connectivity index (χ1) is 11.0. The molecular weight excluding hydrogens is 335 g/mol. The maximum atomic E-state index is 12.4. The minimum atomic E-state index is -0.293. The fraction of sp³-hybridized carbons (Fsp3) is 0.529. The normalized spacial score (nSPS) is 22.4. The van der Waals surface area contributed by atoms with Crippen LogP contribution in [0, 0.1) is 5.92 Å². The lowest BCUT2D eigenvalue weighted by Crippen LogP contribution is -2.38. The first-order valence-electron chi connectivity index (χ1n) is 8.10. The molecule has 1 saturated heterocycles. The van der Waals surface area contributed by atoms with Gasteiger partial charge >= 0.3 is 0 Å². The predicted octanol–water partition coefficient (Wildman–Crippen LogP) is 4.11. The van der Waals surface area contributed by atoms with Crippen LogP contribution >= 0.6 is 23.2 Å². The van der Waals surface area contributed by atoms with Crippen LogP contribution in [0.4, 0.5) is 5.69 Å². The van der Waals surface area contributed by atoms with E-state index in [1.807, 2.05) is 4.90 Å². The highest BCUT2D eigenvalue weighted by molar-refractivity contribution is 6.42. The van der Waals surface area contributed by atoms with Crippen LogP contribution in [0.3, 0.4) is 0 Å². The van der Waals surface area contributed by atoms with E-state index in [4.69, 9.17) is 23.2 Å². The van der Waals surface area contributed by atoms with Crippen molar-refractivity contribution in [2.45, 2.75) is 44.6 Å². The third kappa shape index (κ3) is 3.81. The second-order valence-electron chi connectivity index (χ2n) is 6.36. The summed E-state index contributed by atoms with van der Waals surface area (Å²) in [4.78, 5) is 26.6. The van der Waals surface area contributed by atoms with Gasteiger partial charge in [0.05, 0.1) is 16.0 Å². The lowest BCUT2D eigenvalue weighted by atomic mass is 9.94. The zero-order chi connectivity index (χ0) is 16.4. The first kappa shape index (κ1) is 16.6. The molecule has 2 fully saturated rings. The molecule has 2 aliphatic rings. The number of benzene rings is 1. The van der Waals surface area contributed by atoms with Crippen molar-refractivity contribution in [3.05, 3.63) is 28.2 Å². The van der Waals surface area contributed by atoms with E-state index >= 15 is 0 Å². The Kier molecular flexibility index (Phi) is 5.12. The number of likely N-dealkylation sites (tertiary alicyclic amines) is 1. The standard InChI is InChI=1S/C17H20Cl2N2O2/c18-14-7-6-12(9-15(14)19)20-17(23)11-8-16(22)21(10-11)13-4-2-1-3-5-13/h6-7,9,11,13H,1-5,8,10H2,(H,20,23)/t11-/m1/s1. The van der Waals surface area contributed by atoms with Crippen molar-refractivity contribution in [2.75, 3.05) is 11.9 Å². The Morgan fingerprint density at radius 3 is 2.57 bits per heavy atom. The summed E-state index contributed by atoms with van der Waals surface area (Å²) in [6.07, 6.45) is 6.02. The molecule has 0 unspecified atom stereocenters. The summed E-state index contributed by atoms with van der Waals surface area (Å²) in [6.45, 7) is 0.524. The topological polar surface area (TPSA) is 49.4 Å². The number of rotatable bonds is 3. The van der Waals surface area contributed by atoms with E-state index in [2.05, 4.69) is 5.32 Å². The lowest BCUT2D eigenvalue weighted by Gasteiger charge is -2.31. The number of nitrogens with zero attached hydrogens (tertiary/aromatic N) is 1. The van der Waals surface area contributed by atoms with E-state index in [0.29, 0.717) is 34.7 Å². The molecule has 1 saturated carbocycles. The molecule has 1 aromatic rings. The van der Waals surface area contributed by atoms with Gasteiger partial charge in [0.2, 0.25) is 11.8 Å². The van der Waals surface area contributed by atoms with Crippen molar-refractivity contribution in [2.24, 2.45) is 5.92 Å². The maximum absolute atomic E-state index is 12.4. The number of anilines is 1. The predicted molar refractivity (Wildman–Crippen MR) is 91.8 cm³/mol. The first-order valence-corrected chi connectivity index (χ1v) is 8.85. The van der Waals surface area contributed by atoms with Crippen LogP contribution in [0.2, 0.25) is 10.0 Å². The Labute approximate surface area is 146 Å². The molecular formula is C17H20Cl2N2O2. The van der Waals surface area contributed by atoms with Crippen LogP contribution < -0.4 is 5.32 Å². The third-order valence-corrected chi connectivity index (χ3v) is 5.47. The molecule has 0 radical (unpaired) electrons. The van der Waals surface area contributed by atoms with Gasteiger partial charge in [-0.3, -0.25) is 9.59 Å². The van der Waals surface area contributed by atoms with Gasteiger partial charge in [0.25, 0.3) is 0 Å². The Morgan fingerprint density at radius 2 is 1.87 bits per heavy atom. The quantitative estimate of drug-likeness (QED) is 0.887. The van der Waals surface area contributed by atoms with Gasteiger partial charge in [-0.25, -0.2) is 0 Å². The molecule has 1 heterocycles. The van der Waals surface area contributed by atoms with Crippen molar-refractivity contribution < 1.29 is 9.59 Å². The van der Waals surface area contributed by atoms with E-state index in [0.717, 1.165) is 12.8 Å². The summed E-state index contributed by atoms with van der Waals surface area (Å²) in [5, 5.41) is 3.68. The molecule has 0 bridgehead atoms. The highest BCUT2D eigenvalue weighted by atomic mass is 35.5. The molecule has 1 aliphatic carbocycles. The van der Waals surface area contributed by atoms with Gasteiger partial charge in [0.1, 0.15) is 0 Å². The average Bonchev–Trinajstić information content (AvgIpc) is 2.94. The van der Waals surface area contributed by atoms with Crippen molar-refractivity contribution in [3.63, 3.8) is 0 Å². The van der Waals surface area contributed by atoms with Gasteiger partial charge in [-0.2, -0.15) is 0 Å². The summed E-state index contributed by atoms with van der Waals surface area (Å²) in [7, 11) is 0. The van der Waals surface area contributed by atoms with E-state index in [9.17, 15) is 9.59 Å². The van der Waals surface area contributed by atoms with E-state index in [-0.39, 0.29) is 17.7 Å². The lowest BCUT2D eigenvalue weighted by molar-refractivity contribution is -0.130. The van der Waals surface area contributed by atoms with Crippen LogP contribution in [0.1, 0.15) is 38.5 Å². The van der Waals surface area contributed by atoms with Gasteiger partial charge in [-0.1, -0.05) is 42.5 Å². The molecule has 124 valence electrons. The molecule has 23 heavy (non-hydrogen) atoms. The highest BCUT2D eigenvalue weighted by Crippen LogP contribution is 2.30. The van der Waals surface area contributed by atoms with Crippen molar-refractivity contribution in [3.8, 4) is 0 Å². The van der Waals surface area contributed by atoms with Crippen LogP contribution in [0.5, 0.6) is 0 Å². The Morgan fingerprint density at radius 1 is 1.13 bits per heavy atom. The van der Waals surface area contributed by atoms with Crippen LogP contribution in [0.25, 0.3) is 0 Å². The average molecular weight is 355 g/mol. The minimum Gasteiger partial charge on any atom is -0.339 e. The second kappa shape index (κ2) is 7.10. The molecule has 1 atom stereocenters. The van der Waals surface area contributed by atoms with Crippen LogP contribution in [0.15, 0.2) is 18.2 Å². The Hall–Kier alpha value is -1.26. The Balaban J connectivity index is 1.61. The van der Waals surface area contributed by atoms with E-state index in [1.165, 1.54) is 19.3 Å². The monoisotopic (exact) mass is 354 g/mol. The van der Waals surface area contributed by atoms with Crippen LogP contribution in [-0.2, 0) is 9.59 Å². The third-order valence-electron chi connectivity index (χ3n) is 4.73. The van der Waals surface area contributed by atoms with Crippen molar-refractivity contribution >= 4 is 40.7 Å². The summed E-state index contributed by atoms with van der Waals surface area (Å²) in [6, 6.07) is 5.30.